The van der Waals surface area contributed by atoms with Crippen LogP contribution in [0.4, 0.5) is 0 Å². The van der Waals surface area contributed by atoms with E-state index in [-0.39, 0.29) is 0 Å². The zero-order chi connectivity index (χ0) is 14.0. The summed E-state index contributed by atoms with van der Waals surface area (Å²) in [5.41, 5.74) is 0.313. The second-order valence-corrected chi connectivity index (χ2v) is 7.97. The lowest BCUT2D eigenvalue weighted by Crippen LogP contribution is -2.49. The fourth-order valence-corrected chi connectivity index (χ4v) is 4.38. The molecule has 0 spiro atoms. The van der Waals surface area contributed by atoms with Crippen LogP contribution in [0, 0.1) is 23.7 Å². The summed E-state index contributed by atoms with van der Waals surface area (Å²) in [5, 5.41) is 7.49. The quantitative estimate of drug-likeness (QED) is 0.702. The van der Waals surface area contributed by atoms with Crippen molar-refractivity contribution in [3.05, 3.63) is 0 Å². The van der Waals surface area contributed by atoms with Gasteiger partial charge in [0.05, 0.1) is 0 Å². The summed E-state index contributed by atoms with van der Waals surface area (Å²) in [6.07, 6.45) is 5.39. The molecule has 2 aliphatic heterocycles. The summed E-state index contributed by atoms with van der Waals surface area (Å²) in [6, 6.07) is 0.693. The molecule has 0 aromatic carbocycles. The van der Waals surface area contributed by atoms with Crippen LogP contribution in [0.2, 0.25) is 0 Å². The van der Waals surface area contributed by atoms with E-state index in [4.69, 9.17) is 0 Å². The second-order valence-electron chi connectivity index (χ2n) is 7.97. The van der Waals surface area contributed by atoms with E-state index in [2.05, 4.69) is 45.3 Å². The maximum absolute atomic E-state index is 3.78. The monoisotopic (exact) mass is 266 g/mol. The van der Waals surface area contributed by atoms with E-state index in [0.29, 0.717) is 11.6 Å². The molecule has 0 bridgehead atoms. The van der Waals surface area contributed by atoms with Gasteiger partial charge in [-0.1, -0.05) is 13.8 Å². The predicted octanol–water partition coefficient (Wildman–Crippen LogP) is 3.42. The molecule has 2 saturated heterocycles. The van der Waals surface area contributed by atoms with Crippen molar-refractivity contribution in [2.75, 3.05) is 13.1 Å². The van der Waals surface area contributed by atoms with Crippen LogP contribution in [0.3, 0.4) is 0 Å². The molecule has 2 heterocycles. The third-order valence-corrected chi connectivity index (χ3v) is 5.68. The average molecular weight is 266 g/mol. The van der Waals surface area contributed by atoms with Crippen LogP contribution in [0.1, 0.15) is 60.3 Å². The number of hydrogen-bond donors (Lipinski definition) is 2. The predicted molar refractivity (Wildman–Crippen MR) is 83.3 cm³/mol. The molecule has 5 atom stereocenters. The van der Waals surface area contributed by atoms with Gasteiger partial charge in [-0.25, -0.2) is 0 Å². The lowest BCUT2D eigenvalue weighted by Gasteiger charge is -2.45. The Morgan fingerprint density at radius 3 is 2.26 bits per heavy atom. The Morgan fingerprint density at radius 2 is 1.53 bits per heavy atom. The largest absolute Gasteiger partial charge is 0.314 e. The SMILES string of the molecule is CC1CC2C(C)CCNC(C)(C)CC2C(C)CCN1. The van der Waals surface area contributed by atoms with E-state index in [1.807, 2.05) is 0 Å². The molecule has 0 radical (unpaired) electrons. The molecule has 2 nitrogen and oxygen atoms in total. The van der Waals surface area contributed by atoms with Gasteiger partial charge in [-0.2, -0.15) is 0 Å². The van der Waals surface area contributed by atoms with E-state index in [0.717, 1.165) is 23.7 Å². The normalized spacial score (nSPS) is 44.4. The molecule has 0 amide bonds. The molecule has 0 aromatic heterocycles. The molecular formula is C17H34N2. The molecule has 2 fully saturated rings. The van der Waals surface area contributed by atoms with Crippen molar-refractivity contribution in [3.8, 4) is 0 Å². The fourth-order valence-electron chi connectivity index (χ4n) is 4.38. The smallest absolute Gasteiger partial charge is 0.0128 e. The maximum Gasteiger partial charge on any atom is 0.0128 e. The van der Waals surface area contributed by atoms with E-state index in [9.17, 15) is 0 Å². The molecule has 5 unspecified atom stereocenters. The van der Waals surface area contributed by atoms with Crippen molar-refractivity contribution in [3.63, 3.8) is 0 Å². The zero-order valence-electron chi connectivity index (χ0n) is 13.6. The van der Waals surface area contributed by atoms with Gasteiger partial charge in [-0.05, 0) is 83.2 Å². The highest BCUT2D eigenvalue weighted by atomic mass is 15.0. The minimum atomic E-state index is 0.313. The average Bonchev–Trinajstić information content (AvgIpc) is 2.30. The third kappa shape index (κ3) is 3.95. The molecule has 112 valence electrons. The molecule has 0 saturated carbocycles. The van der Waals surface area contributed by atoms with Crippen molar-refractivity contribution < 1.29 is 0 Å². The minimum absolute atomic E-state index is 0.313. The Hall–Kier alpha value is -0.0800. The maximum atomic E-state index is 3.78. The van der Waals surface area contributed by atoms with E-state index in [1.54, 1.807) is 0 Å². The minimum Gasteiger partial charge on any atom is -0.314 e. The molecule has 2 N–H and O–H groups in total. The Labute approximate surface area is 120 Å². The van der Waals surface area contributed by atoms with Crippen molar-refractivity contribution in [2.45, 2.75) is 71.9 Å². The summed E-state index contributed by atoms with van der Waals surface area (Å²) in [5.74, 6) is 3.51. The van der Waals surface area contributed by atoms with Crippen LogP contribution in [-0.4, -0.2) is 24.7 Å². The van der Waals surface area contributed by atoms with Crippen LogP contribution < -0.4 is 10.6 Å². The lowest BCUT2D eigenvalue weighted by molar-refractivity contribution is 0.0786. The van der Waals surface area contributed by atoms with E-state index in [1.165, 1.54) is 38.8 Å². The first-order valence-corrected chi connectivity index (χ1v) is 8.37. The molecule has 19 heavy (non-hydrogen) atoms. The van der Waals surface area contributed by atoms with Gasteiger partial charge >= 0.3 is 0 Å². The van der Waals surface area contributed by atoms with Gasteiger partial charge in [-0.15, -0.1) is 0 Å². The topological polar surface area (TPSA) is 24.1 Å². The first kappa shape index (κ1) is 15.3. The molecular weight excluding hydrogens is 232 g/mol. The number of hydrogen-bond acceptors (Lipinski definition) is 2. The standard InChI is InChI=1S/C17H34N2/c1-12-7-9-19-17(4,5)11-16-13(2)6-8-18-14(3)10-15(12)16/h12-16,18-19H,6-11H2,1-5H3. The highest BCUT2D eigenvalue weighted by Gasteiger charge is 2.38. The summed E-state index contributed by atoms with van der Waals surface area (Å²) in [6.45, 7) is 14.5. The van der Waals surface area contributed by atoms with Crippen molar-refractivity contribution in [1.29, 1.82) is 0 Å². The van der Waals surface area contributed by atoms with Gasteiger partial charge in [0.2, 0.25) is 0 Å². The highest BCUT2D eigenvalue weighted by Crippen LogP contribution is 2.41. The first-order chi connectivity index (χ1) is 8.89. The molecule has 2 rings (SSSR count). The summed E-state index contributed by atoms with van der Waals surface area (Å²) < 4.78 is 0. The Balaban J connectivity index is 2.21. The fraction of sp³-hybridized carbons (Fsp3) is 1.00. The summed E-state index contributed by atoms with van der Waals surface area (Å²) in [4.78, 5) is 0. The van der Waals surface area contributed by atoms with Crippen LogP contribution >= 0.6 is 0 Å². The Morgan fingerprint density at radius 1 is 0.895 bits per heavy atom. The van der Waals surface area contributed by atoms with Gasteiger partial charge in [-0.3, -0.25) is 0 Å². The summed E-state index contributed by atoms with van der Waals surface area (Å²) >= 11 is 0. The zero-order valence-corrected chi connectivity index (χ0v) is 13.6. The molecule has 0 aliphatic carbocycles. The molecule has 2 aliphatic rings. The van der Waals surface area contributed by atoms with Gasteiger partial charge in [0.1, 0.15) is 0 Å². The van der Waals surface area contributed by atoms with Gasteiger partial charge in [0, 0.05) is 11.6 Å². The lowest BCUT2D eigenvalue weighted by atomic mass is 9.66. The van der Waals surface area contributed by atoms with E-state index < -0.39 is 0 Å². The Kier molecular flexibility index (Phi) is 4.94. The van der Waals surface area contributed by atoms with Gasteiger partial charge < -0.3 is 10.6 Å². The van der Waals surface area contributed by atoms with Crippen LogP contribution in [0.15, 0.2) is 0 Å². The Bertz CT molecular complexity index is 287. The van der Waals surface area contributed by atoms with Crippen LogP contribution in [0.5, 0.6) is 0 Å². The first-order valence-electron chi connectivity index (χ1n) is 8.37. The number of rotatable bonds is 0. The molecule has 2 heteroatoms. The van der Waals surface area contributed by atoms with E-state index >= 15 is 0 Å². The van der Waals surface area contributed by atoms with Gasteiger partial charge in [0.15, 0.2) is 0 Å². The third-order valence-electron chi connectivity index (χ3n) is 5.68. The van der Waals surface area contributed by atoms with Crippen LogP contribution in [-0.2, 0) is 0 Å². The number of nitrogens with one attached hydrogen (secondary N) is 2. The van der Waals surface area contributed by atoms with Crippen molar-refractivity contribution in [1.82, 2.24) is 10.6 Å². The summed E-state index contributed by atoms with van der Waals surface area (Å²) in [7, 11) is 0. The van der Waals surface area contributed by atoms with Gasteiger partial charge in [0.25, 0.3) is 0 Å². The second kappa shape index (κ2) is 6.13. The number of fused-ring (bicyclic) bond motifs is 1. The van der Waals surface area contributed by atoms with Crippen molar-refractivity contribution in [2.24, 2.45) is 23.7 Å². The van der Waals surface area contributed by atoms with Crippen LogP contribution in [0.25, 0.3) is 0 Å². The van der Waals surface area contributed by atoms with Crippen molar-refractivity contribution >= 4 is 0 Å². The highest BCUT2D eigenvalue weighted by molar-refractivity contribution is 4.92. The molecule has 0 aromatic rings.